The minimum atomic E-state index is -0.469. The van der Waals surface area contributed by atoms with E-state index in [-0.39, 0.29) is 13.1 Å². The molecule has 0 radical (unpaired) electrons. The van der Waals surface area contributed by atoms with Crippen molar-refractivity contribution in [3.05, 3.63) is 61.0 Å². The van der Waals surface area contributed by atoms with Gasteiger partial charge in [-0.05, 0) is 40.5 Å². The van der Waals surface area contributed by atoms with Crippen molar-refractivity contribution in [1.29, 1.82) is 5.26 Å². The van der Waals surface area contributed by atoms with Crippen LogP contribution in [0, 0.1) is 23.2 Å². The van der Waals surface area contributed by atoms with Crippen LogP contribution < -0.4 is 11.2 Å². The van der Waals surface area contributed by atoms with Crippen LogP contribution in [0.2, 0.25) is 0 Å². The molecule has 3 aromatic rings. The van der Waals surface area contributed by atoms with Gasteiger partial charge in [-0.15, -0.1) is 5.92 Å². The average Bonchev–Trinajstić information content (AvgIpc) is 2.98. The second-order valence-electron chi connectivity index (χ2n) is 5.61. The molecule has 0 N–H and O–H groups in total. The smallest absolute Gasteiger partial charge is 0.301 e. The van der Waals surface area contributed by atoms with Gasteiger partial charge in [-0.3, -0.25) is 13.9 Å². The number of rotatable bonds is 3. The number of benzene rings is 1. The Labute approximate surface area is 157 Å². The standard InChI is InChI=1S/C18H14BrN5O2/c1-3-4-8-23-14-15(21-17(23)19)22(2)18(26)24(16(14)25)11-13-7-5-6-12(9-13)10-20/h5-7,9H,8,11H2,1-2H3. The van der Waals surface area contributed by atoms with Gasteiger partial charge in [0.15, 0.2) is 15.9 Å². The van der Waals surface area contributed by atoms with Gasteiger partial charge in [0.05, 0.1) is 24.7 Å². The highest BCUT2D eigenvalue weighted by Gasteiger charge is 2.19. The minimum absolute atomic E-state index is 0.0687. The molecule has 0 bridgehead atoms. The summed E-state index contributed by atoms with van der Waals surface area (Å²) in [7, 11) is 1.57. The average molecular weight is 412 g/mol. The maximum atomic E-state index is 13.0. The Balaban J connectivity index is 2.25. The molecule has 0 amide bonds. The third-order valence-electron chi connectivity index (χ3n) is 4.00. The van der Waals surface area contributed by atoms with E-state index in [0.717, 1.165) is 4.57 Å². The molecule has 1 aromatic carbocycles. The fraction of sp³-hybridized carbons (Fsp3) is 0.222. The van der Waals surface area contributed by atoms with Crippen LogP contribution in [0.5, 0.6) is 0 Å². The normalized spacial score (nSPS) is 10.4. The van der Waals surface area contributed by atoms with Crippen LogP contribution in [0.3, 0.4) is 0 Å². The molecular weight excluding hydrogens is 398 g/mol. The molecule has 2 heterocycles. The van der Waals surface area contributed by atoms with Crippen LogP contribution in [0.25, 0.3) is 11.2 Å². The third-order valence-corrected chi connectivity index (χ3v) is 4.60. The number of halogens is 1. The van der Waals surface area contributed by atoms with Gasteiger partial charge >= 0.3 is 5.69 Å². The molecule has 3 rings (SSSR count). The Bertz CT molecular complexity index is 1230. The zero-order valence-electron chi connectivity index (χ0n) is 14.2. The summed E-state index contributed by atoms with van der Waals surface area (Å²) in [6, 6.07) is 8.87. The Kier molecular flexibility index (Phi) is 4.79. The lowest BCUT2D eigenvalue weighted by Crippen LogP contribution is -2.40. The predicted octanol–water partition coefficient (Wildman–Crippen LogP) is 1.60. The summed E-state index contributed by atoms with van der Waals surface area (Å²) < 4.78 is 4.55. The maximum Gasteiger partial charge on any atom is 0.332 e. The van der Waals surface area contributed by atoms with Crippen LogP contribution in [0.4, 0.5) is 0 Å². The lowest BCUT2D eigenvalue weighted by Gasteiger charge is -2.09. The van der Waals surface area contributed by atoms with E-state index in [9.17, 15) is 9.59 Å². The van der Waals surface area contributed by atoms with Gasteiger partial charge in [-0.2, -0.15) is 5.26 Å². The quantitative estimate of drug-likeness (QED) is 0.483. The third kappa shape index (κ3) is 2.96. The van der Waals surface area contributed by atoms with E-state index in [1.807, 2.05) is 0 Å². The van der Waals surface area contributed by atoms with Crippen LogP contribution in [-0.2, 0) is 20.1 Å². The fourth-order valence-electron chi connectivity index (χ4n) is 2.71. The summed E-state index contributed by atoms with van der Waals surface area (Å²) in [4.78, 5) is 30.0. The fourth-order valence-corrected chi connectivity index (χ4v) is 3.18. The molecule has 0 saturated carbocycles. The largest absolute Gasteiger partial charge is 0.332 e. The number of nitriles is 1. The first-order chi connectivity index (χ1) is 12.5. The maximum absolute atomic E-state index is 13.0. The SMILES string of the molecule is CC#CCn1c(Br)nc2c1c(=O)n(Cc1cccc(C#N)c1)c(=O)n2C. The highest BCUT2D eigenvalue weighted by molar-refractivity contribution is 9.10. The Morgan fingerprint density at radius 3 is 2.73 bits per heavy atom. The summed E-state index contributed by atoms with van der Waals surface area (Å²) >= 11 is 3.33. The molecule has 0 spiro atoms. The first-order valence-electron chi connectivity index (χ1n) is 7.72. The lowest BCUT2D eigenvalue weighted by molar-refractivity contribution is 0.654. The molecule has 0 aliphatic heterocycles. The van der Waals surface area contributed by atoms with Gasteiger partial charge in [0, 0.05) is 7.05 Å². The summed E-state index contributed by atoms with van der Waals surface area (Å²) in [5.74, 6) is 5.68. The van der Waals surface area contributed by atoms with E-state index < -0.39 is 11.2 Å². The van der Waals surface area contributed by atoms with Crippen molar-refractivity contribution in [2.45, 2.75) is 20.0 Å². The van der Waals surface area contributed by atoms with E-state index in [4.69, 9.17) is 5.26 Å². The van der Waals surface area contributed by atoms with E-state index in [2.05, 4.69) is 38.8 Å². The number of aromatic nitrogens is 4. The first-order valence-corrected chi connectivity index (χ1v) is 8.51. The molecule has 0 atom stereocenters. The Morgan fingerprint density at radius 2 is 2.04 bits per heavy atom. The molecule has 130 valence electrons. The molecule has 0 aliphatic rings. The molecule has 0 aliphatic carbocycles. The van der Waals surface area contributed by atoms with Crippen molar-refractivity contribution in [3.8, 4) is 17.9 Å². The molecule has 0 unspecified atom stereocenters. The van der Waals surface area contributed by atoms with Crippen molar-refractivity contribution >= 4 is 27.1 Å². The van der Waals surface area contributed by atoms with Crippen molar-refractivity contribution in [2.75, 3.05) is 0 Å². The predicted molar refractivity (Wildman–Crippen MR) is 101 cm³/mol. The van der Waals surface area contributed by atoms with Crippen LogP contribution in [0.1, 0.15) is 18.1 Å². The van der Waals surface area contributed by atoms with E-state index in [0.29, 0.717) is 27.0 Å². The molecule has 0 saturated heterocycles. The topological polar surface area (TPSA) is 85.6 Å². The number of imidazole rings is 1. The summed E-state index contributed by atoms with van der Waals surface area (Å²) in [5.41, 5.74) is 0.857. The van der Waals surface area contributed by atoms with Gasteiger partial charge in [0.1, 0.15) is 0 Å². The lowest BCUT2D eigenvalue weighted by atomic mass is 10.1. The molecule has 0 fully saturated rings. The number of aryl methyl sites for hydroxylation is 1. The van der Waals surface area contributed by atoms with Crippen LogP contribution in [0.15, 0.2) is 38.6 Å². The summed E-state index contributed by atoms with van der Waals surface area (Å²) in [6.07, 6.45) is 0. The Morgan fingerprint density at radius 1 is 1.27 bits per heavy atom. The van der Waals surface area contributed by atoms with Crippen LogP contribution >= 0.6 is 15.9 Å². The van der Waals surface area contributed by atoms with Crippen molar-refractivity contribution in [3.63, 3.8) is 0 Å². The molecule has 2 aromatic heterocycles. The van der Waals surface area contributed by atoms with E-state index >= 15 is 0 Å². The number of hydrogen-bond acceptors (Lipinski definition) is 4. The molecule has 8 heteroatoms. The molecule has 26 heavy (non-hydrogen) atoms. The molecular formula is C18H14BrN5O2. The minimum Gasteiger partial charge on any atom is -0.301 e. The second kappa shape index (κ2) is 7.03. The highest BCUT2D eigenvalue weighted by atomic mass is 79.9. The van der Waals surface area contributed by atoms with Gasteiger partial charge in [-0.25, -0.2) is 9.78 Å². The zero-order chi connectivity index (χ0) is 18.8. The summed E-state index contributed by atoms with van der Waals surface area (Å²) in [6.45, 7) is 2.06. The van der Waals surface area contributed by atoms with Gasteiger partial charge in [0.2, 0.25) is 0 Å². The van der Waals surface area contributed by atoms with Crippen LogP contribution in [-0.4, -0.2) is 18.7 Å². The zero-order valence-corrected chi connectivity index (χ0v) is 15.7. The van der Waals surface area contributed by atoms with E-state index in [1.54, 1.807) is 42.8 Å². The van der Waals surface area contributed by atoms with Gasteiger partial charge in [0.25, 0.3) is 5.56 Å². The molecule has 7 nitrogen and oxygen atoms in total. The number of nitrogens with zero attached hydrogens (tertiary/aromatic N) is 5. The van der Waals surface area contributed by atoms with Gasteiger partial charge in [-0.1, -0.05) is 18.1 Å². The monoisotopic (exact) mass is 411 g/mol. The van der Waals surface area contributed by atoms with Crippen molar-refractivity contribution < 1.29 is 0 Å². The second-order valence-corrected chi connectivity index (χ2v) is 6.32. The number of fused-ring (bicyclic) bond motifs is 1. The van der Waals surface area contributed by atoms with Crippen molar-refractivity contribution in [1.82, 2.24) is 18.7 Å². The summed E-state index contributed by atoms with van der Waals surface area (Å²) in [5, 5.41) is 9.03. The number of hydrogen-bond donors (Lipinski definition) is 0. The van der Waals surface area contributed by atoms with Gasteiger partial charge < -0.3 is 4.57 Å². The van der Waals surface area contributed by atoms with Crippen molar-refractivity contribution in [2.24, 2.45) is 7.05 Å². The first kappa shape index (κ1) is 17.7. The Hall–Kier alpha value is -3.10. The highest BCUT2D eigenvalue weighted by Crippen LogP contribution is 2.16. The van der Waals surface area contributed by atoms with E-state index in [1.165, 1.54) is 4.57 Å².